The Hall–Kier alpha value is -1.36. The molecule has 0 fully saturated rings. The van der Waals surface area contributed by atoms with Crippen LogP contribution in [0.2, 0.25) is 0 Å². The van der Waals surface area contributed by atoms with Crippen LogP contribution >= 0.6 is 11.3 Å². The second-order valence-electron chi connectivity index (χ2n) is 4.42. The largest absolute Gasteiger partial charge is 0.382 e. The highest BCUT2D eigenvalue weighted by molar-refractivity contribution is 7.17. The third-order valence-corrected chi connectivity index (χ3v) is 3.17. The van der Waals surface area contributed by atoms with Gasteiger partial charge in [-0.2, -0.15) is 0 Å². The van der Waals surface area contributed by atoms with Crippen LogP contribution in [-0.4, -0.2) is 9.55 Å². The number of rotatable bonds is 0. The van der Waals surface area contributed by atoms with Gasteiger partial charge in [0.2, 0.25) is 0 Å². The summed E-state index contributed by atoms with van der Waals surface area (Å²) in [7, 11) is 0. The fourth-order valence-electron chi connectivity index (χ4n) is 1.60. The normalized spacial score (nSPS) is 12.2. The molecule has 2 heterocycles. The zero-order chi connectivity index (χ0) is 11.2. The topological polar surface area (TPSA) is 60.9 Å². The number of pyridine rings is 1. The molecule has 0 aliphatic carbocycles. The van der Waals surface area contributed by atoms with Gasteiger partial charge in [0.1, 0.15) is 5.82 Å². The summed E-state index contributed by atoms with van der Waals surface area (Å²) in [6.07, 6.45) is 1.63. The van der Waals surface area contributed by atoms with Gasteiger partial charge in [0.25, 0.3) is 0 Å². The van der Waals surface area contributed by atoms with Gasteiger partial charge in [-0.3, -0.25) is 9.36 Å². The van der Waals surface area contributed by atoms with Crippen LogP contribution in [0.25, 0.3) is 10.2 Å². The highest BCUT2D eigenvalue weighted by Crippen LogP contribution is 2.26. The van der Waals surface area contributed by atoms with Gasteiger partial charge in [-0.25, -0.2) is 4.98 Å². The highest BCUT2D eigenvalue weighted by Gasteiger charge is 2.20. The molecule has 0 bridgehead atoms. The van der Waals surface area contributed by atoms with E-state index in [-0.39, 0.29) is 10.4 Å². The first-order valence-electron chi connectivity index (χ1n) is 4.68. The zero-order valence-electron chi connectivity index (χ0n) is 8.94. The van der Waals surface area contributed by atoms with Gasteiger partial charge in [0.05, 0.1) is 10.2 Å². The van der Waals surface area contributed by atoms with Crippen molar-refractivity contribution in [1.29, 1.82) is 0 Å². The summed E-state index contributed by atoms with van der Waals surface area (Å²) >= 11 is 1.15. The molecule has 0 atom stereocenters. The molecule has 0 aromatic carbocycles. The van der Waals surface area contributed by atoms with Crippen molar-refractivity contribution in [2.24, 2.45) is 0 Å². The lowest BCUT2D eigenvalue weighted by molar-refractivity contribution is 0.404. The number of thiazole rings is 1. The van der Waals surface area contributed by atoms with Crippen molar-refractivity contribution in [2.45, 2.75) is 26.3 Å². The van der Waals surface area contributed by atoms with Crippen LogP contribution in [0.1, 0.15) is 20.8 Å². The molecule has 80 valence electrons. The lowest BCUT2D eigenvalue weighted by Gasteiger charge is -2.20. The Morgan fingerprint density at radius 1 is 1.47 bits per heavy atom. The van der Waals surface area contributed by atoms with Crippen LogP contribution in [-0.2, 0) is 5.54 Å². The Labute approximate surface area is 91.4 Å². The summed E-state index contributed by atoms with van der Waals surface area (Å²) in [6.45, 7) is 5.99. The average molecular weight is 223 g/mol. The fourth-order valence-corrected chi connectivity index (χ4v) is 2.66. The average Bonchev–Trinajstić information content (AvgIpc) is 2.41. The molecule has 0 spiro atoms. The molecule has 2 aromatic heterocycles. The van der Waals surface area contributed by atoms with Crippen molar-refractivity contribution in [3.8, 4) is 0 Å². The van der Waals surface area contributed by atoms with Gasteiger partial charge in [-0.05, 0) is 26.8 Å². The molecule has 0 saturated carbocycles. The molecule has 4 nitrogen and oxygen atoms in total. The number of hydrogen-bond acceptors (Lipinski definition) is 4. The Morgan fingerprint density at radius 3 is 2.73 bits per heavy atom. The number of nitrogens with two attached hydrogens (primary N) is 1. The van der Waals surface area contributed by atoms with Crippen LogP contribution in [0.3, 0.4) is 0 Å². The lowest BCUT2D eigenvalue weighted by atomic mass is 10.1. The van der Waals surface area contributed by atoms with E-state index < -0.39 is 0 Å². The van der Waals surface area contributed by atoms with Crippen molar-refractivity contribution in [2.75, 3.05) is 5.73 Å². The lowest BCUT2D eigenvalue weighted by Crippen LogP contribution is -2.29. The number of aromatic nitrogens is 2. The van der Waals surface area contributed by atoms with Crippen molar-refractivity contribution in [3.05, 3.63) is 21.9 Å². The Morgan fingerprint density at radius 2 is 2.13 bits per heavy atom. The van der Waals surface area contributed by atoms with Gasteiger partial charge in [0, 0.05) is 11.7 Å². The molecule has 0 saturated heterocycles. The zero-order valence-corrected chi connectivity index (χ0v) is 9.76. The molecular weight excluding hydrogens is 210 g/mol. The number of nitrogens with zero attached hydrogens (tertiary/aromatic N) is 2. The van der Waals surface area contributed by atoms with E-state index in [1.807, 2.05) is 26.8 Å². The third kappa shape index (κ3) is 1.52. The van der Waals surface area contributed by atoms with E-state index in [2.05, 4.69) is 4.98 Å². The first kappa shape index (κ1) is 10.2. The first-order chi connectivity index (χ1) is 6.91. The van der Waals surface area contributed by atoms with E-state index in [9.17, 15) is 4.79 Å². The number of anilines is 1. The SMILES string of the molecule is CC(C)(C)n1c(=O)sc2c(N)nccc21. The van der Waals surface area contributed by atoms with E-state index >= 15 is 0 Å². The number of hydrogen-bond donors (Lipinski definition) is 1. The molecule has 0 radical (unpaired) electrons. The molecule has 2 rings (SSSR count). The van der Waals surface area contributed by atoms with Crippen molar-refractivity contribution in [3.63, 3.8) is 0 Å². The molecule has 2 N–H and O–H groups in total. The van der Waals surface area contributed by atoms with Gasteiger partial charge < -0.3 is 5.73 Å². The number of nitrogen functional groups attached to an aromatic ring is 1. The van der Waals surface area contributed by atoms with Crippen molar-refractivity contribution >= 4 is 27.4 Å². The molecule has 5 heteroatoms. The summed E-state index contributed by atoms with van der Waals surface area (Å²) in [5, 5.41) is 0. The number of fused-ring (bicyclic) bond motifs is 1. The second kappa shape index (κ2) is 3.06. The molecule has 0 amide bonds. The predicted molar refractivity (Wildman–Crippen MR) is 63.3 cm³/mol. The minimum absolute atomic E-state index is 0.0113. The van der Waals surface area contributed by atoms with Crippen molar-refractivity contribution < 1.29 is 0 Å². The van der Waals surface area contributed by atoms with Crippen LogP contribution in [0.15, 0.2) is 17.1 Å². The van der Waals surface area contributed by atoms with Crippen LogP contribution in [0, 0.1) is 0 Å². The van der Waals surface area contributed by atoms with Gasteiger partial charge in [-0.15, -0.1) is 0 Å². The third-order valence-electron chi connectivity index (χ3n) is 2.19. The minimum Gasteiger partial charge on any atom is -0.382 e. The monoisotopic (exact) mass is 223 g/mol. The van der Waals surface area contributed by atoms with Crippen LogP contribution < -0.4 is 10.6 Å². The maximum absolute atomic E-state index is 11.8. The smallest absolute Gasteiger partial charge is 0.308 e. The summed E-state index contributed by atoms with van der Waals surface area (Å²) in [4.78, 5) is 15.8. The molecule has 0 aliphatic heterocycles. The molecule has 2 aromatic rings. The maximum Gasteiger partial charge on any atom is 0.308 e. The van der Waals surface area contributed by atoms with Gasteiger partial charge in [0.15, 0.2) is 0 Å². The van der Waals surface area contributed by atoms with Gasteiger partial charge >= 0.3 is 4.87 Å². The van der Waals surface area contributed by atoms with E-state index in [1.165, 1.54) is 0 Å². The Bertz CT molecular complexity index is 562. The highest BCUT2D eigenvalue weighted by atomic mass is 32.1. The van der Waals surface area contributed by atoms with Gasteiger partial charge in [-0.1, -0.05) is 11.3 Å². The van der Waals surface area contributed by atoms with E-state index in [0.29, 0.717) is 5.82 Å². The first-order valence-corrected chi connectivity index (χ1v) is 5.49. The minimum atomic E-state index is -0.233. The maximum atomic E-state index is 11.8. The fraction of sp³-hybridized carbons (Fsp3) is 0.400. The Kier molecular flexibility index (Phi) is 2.08. The van der Waals surface area contributed by atoms with Crippen LogP contribution in [0.4, 0.5) is 5.82 Å². The molecule has 0 unspecified atom stereocenters. The van der Waals surface area contributed by atoms with E-state index in [4.69, 9.17) is 5.73 Å². The summed E-state index contributed by atoms with van der Waals surface area (Å²) in [5.74, 6) is 0.428. The predicted octanol–water partition coefficient (Wildman–Crippen LogP) is 1.80. The van der Waals surface area contributed by atoms with Crippen LogP contribution in [0.5, 0.6) is 0 Å². The van der Waals surface area contributed by atoms with E-state index in [1.54, 1.807) is 10.8 Å². The van der Waals surface area contributed by atoms with Crippen molar-refractivity contribution in [1.82, 2.24) is 9.55 Å². The van der Waals surface area contributed by atoms with E-state index in [0.717, 1.165) is 21.6 Å². The standard InChI is InChI=1S/C10H13N3OS/c1-10(2,3)13-6-4-5-12-8(11)7(6)15-9(13)14/h4-5H,1-3H3,(H2,11,12). The second-order valence-corrected chi connectivity index (χ2v) is 5.38. The molecule has 0 aliphatic rings. The quantitative estimate of drug-likeness (QED) is 0.740. The molecule has 15 heavy (non-hydrogen) atoms. The summed E-state index contributed by atoms with van der Waals surface area (Å²) < 4.78 is 2.53. The Balaban J connectivity index is 2.92. The molecular formula is C10H13N3OS. The summed E-state index contributed by atoms with van der Waals surface area (Å²) in [6, 6.07) is 1.83. The summed E-state index contributed by atoms with van der Waals surface area (Å²) in [5.41, 5.74) is 6.36.